The van der Waals surface area contributed by atoms with Crippen LogP contribution in [0.5, 0.6) is 0 Å². The molecule has 0 aromatic heterocycles. The standard InChI is InChI=1S/C92H163N29O29/c1-9-48(5)71(117-83(141)63(46-124)114-82(140)61(44-122)115-85(143)65-28-21-39-121(65)90(148)60(40-47(3)4)107-69(129)43-104-77(135)54(23-12-16-34-94)109-75(133)52(97)41-67(99)127)86(144)112-57(30-32-70(130)131)79(137)110-56(25-14-18-36-96)80(138)119-73(51(8)125)88(146)118-72(49(6)10-2)87(145)116-62(45-123)81(139)111-55(24-13-17-35-95)78(136)105-50(7)74(132)108-53(22-11-15-33-93)76(134)103-42-68(128)106-58(29-31-66(98)126)89(147)120-38-20-27-64(120)84(142)113-59(91(149)150)26-19-37-102-92(100)101/h47-65,71-73,122-125H,9-46,93-97H2,1-8H3,(H2,98,126)(H2,99,127)(H,103,134)(H,104,135)(H,105,136)(H,106,128)(H,107,129)(H,108,132)(H,109,133)(H,110,137)(H,111,139)(H,112,144)(H,113,142)(H,114,140)(H,115,143)(H,116,145)(H,117,141)(H,118,146)(H,119,138)(H,130,131)(H,149,150)(H4,100,101,102)/t48-,49-,50-,51+,52-,53-,54-,55-,56-,57-,58-,59-,60-,61-,62-,63-,64-,65-,71-,72-,73-/m0/s1. The van der Waals surface area contributed by atoms with E-state index in [-0.39, 0.29) is 167 Å². The number of rotatable bonds is 75. The first-order chi connectivity index (χ1) is 70.8. The fourth-order valence-electron chi connectivity index (χ4n) is 16.0. The number of nitrogens with zero attached hydrogens (tertiary/aromatic N) is 2. The van der Waals surface area contributed by atoms with Gasteiger partial charge in [0.1, 0.15) is 103 Å². The summed E-state index contributed by atoms with van der Waals surface area (Å²) in [5, 5.41) is 114. The van der Waals surface area contributed by atoms with Crippen molar-refractivity contribution in [3.8, 4) is 0 Å². The second kappa shape index (κ2) is 70.7. The van der Waals surface area contributed by atoms with Crippen molar-refractivity contribution >= 4 is 142 Å². The molecule has 58 heteroatoms. The Bertz CT molecular complexity index is 4500. The fraction of sp³-hybridized carbons (Fsp3) is 0.739. The number of aliphatic hydroxyl groups excluding tert-OH is 4. The third kappa shape index (κ3) is 48.1. The Morgan fingerprint density at radius 1 is 0.360 bits per heavy atom. The molecule has 0 spiro atoms. The molecule has 0 bridgehead atoms. The number of hydrogen-bond donors (Lipinski definition) is 33. The van der Waals surface area contributed by atoms with E-state index in [0.717, 1.165) is 16.7 Å². The van der Waals surface area contributed by atoms with Crippen molar-refractivity contribution in [2.75, 3.05) is 78.7 Å². The summed E-state index contributed by atoms with van der Waals surface area (Å²) in [5.74, 6) is -26.1. The molecule has 2 aliphatic rings. The normalized spacial score (nSPS) is 17.0. The summed E-state index contributed by atoms with van der Waals surface area (Å²) in [4.78, 5) is 316. The molecule has 0 aromatic rings. The topological polar surface area (TPSA) is 969 Å². The first kappa shape index (κ1) is 133. The minimum atomic E-state index is -1.98. The molecule has 2 aliphatic heterocycles. The first-order valence-corrected chi connectivity index (χ1v) is 50.7. The summed E-state index contributed by atoms with van der Waals surface area (Å²) in [6.07, 6.45) is -1.84. The minimum absolute atomic E-state index is 0.00671. The van der Waals surface area contributed by atoms with Crippen molar-refractivity contribution in [1.82, 2.24) is 106 Å². The predicted octanol–water partition coefficient (Wildman–Crippen LogP) is -12.8. The SMILES string of the molecule is CC[C@H](C)[C@H](NC(=O)[C@H](CO)NC(=O)[C@H](CO)NC(=O)[C@@H]1CCCN1C(=O)[C@H](CC(C)C)NC(=O)CNC(=O)[C@H](CCCCN)NC(=O)[C@@H](N)CC(N)=O)C(=O)N[C@@H](CCC(=O)O)C(=O)N[C@@H](CCCCN)C(=O)N[C@H](C(=O)N[C@H](C(=O)N[C@@H](CO)C(=O)N[C@@H](CCCCN)C(=O)N[C@@H](C)C(=O)N[C@@H](CCCCN)C(=O)NCC(=O)N[C@@H](CCC(N)=O)C(=O)N1CCC[C@H]1C(=O)N[C@@H](CCCNC(=N)N)C(=O)O)[C@@H](C)CC)[C@@H](C)O. The number of hydrogen-bond acceptors (Lipinski definition) is 33. The Labute approximate surface area is 869 Å². The molecule has 58 nitrogen and oxygen atoms in total. The quantitative estimate of drug-likeness (QED) is 0.0153. The Balaban J connectivity index is 2.36. The number of unbranched alkanes of at least 4 members (excludes halogenated alkanes) is 4. The van der Waals surface area contributed by atoms with Crippen molar-refractivity contribution in [3.05, 3.63) is 0 Å². The van der Waals surface area contributed by atoms with E-state index in [1.165, 1.54) is 20.8 Å². The van der Waals surface area contributed by atoms with Gasteiger partial charge in [0.05, 0.1) is 51.5 Å². The fourth-order valence-corrected chi connectivity index (χ4v) is 16.0. The number of amides is 21. The summed E-state index contributed by atoms with van der Waals surface area (Å²) in [5.41, 5.74) is 44.6. The van der Waals surface area contributed by atoms with Gasteiger partial charge in [-0.15, -0.1) is 0 Å². The zero-order valence-electron chi connectivity index (χ0n) is 86.7. The summed E-state index contributed by atoms with van der Waals surface area (Å²) < 4.78 is 0. The second-order valence-electron chi connectivity index (χ2n) is 37.7. The van der Waals surface area contributed by atoms with Crippen LogP contribution in [0.4, 0.5) is 0 Å². The van der Waals surface area contributed by atoms with E-state index >= 15 is 0 Å². The number of carboxylic acid groups (broad SMARTS) is 2. The molecule has 850 valence electrons. The van der Waals surface area contributed by atoms with E-state index in [1.54, 1.807) is 27.7 Å². The largest absolute Gasteiger partial charge is 0.481 e. The lowest BCUT2D eigenvalue weighted by Gasteiger charge is -2.31. The molecule has 0 radical (unpaired) electrons. The summed E-state index contributed by atoms with van der Waals surface area (Å²) >= 11 is 0. The molecule has 41 N–H and O–H groups in total. The lowest BCUT2D eigenvalue weighted by molar-refractivity contribution is -0.145. The van der Waals surface area contributed by atoms with Crippen LogP contribution in [0, 0.1) is 23.2 Å². The smallest absolute Gasteiger partial charge is 0.326 e. The highest BCUT2D eigenvalue weighted by Crippen LogP contribution is 2.24. The van der Waals surface area contributed by atoms with Gasteiger partial charge in [-0.25, -0.2) is 4.79 Å². The zero-order chi connectivity index (χ0) is 113. The van der Waals surface area contributed by atoms with Gasteiger partial charge in [0, 0.05) is 32.5 Å². The molecule has 0 aliphatic carbocycles. The number of carbonyl (C=O) groups excluding carboxylic acids is 21. The van der Waals surface area contributed by atoms with E-state index < -0.39 is 321 Å². The van der Waals surface area contributed by atoms with Gasteiger partial charge in [-0.05, 0) is 193 Å². The van der Waals surface area contributed by atoms with E-state index in [1.807, 2.05) is 0 Å². The molecule has 0 aromatic carbocycles. The average molecular weight is 2140 g/mol. The second-order valence-corrected chi connectivity index (χ2v) is 37.7. The zero-order valence-corrected chi connectivity index (χ0v) is 86.7. The molecule has 2 fully saturated rings. The summed E-state index contributed by atoms with van der Waals surface area (Å²) in [6.45, 7) is 7.67. The Morgan fingerprint density at radius 3 is 1.11 bits per heavy atom. The maximum absolute atomic E-state index is 14.5. The number of carbonyl (C=O) groups is 23. The first-order valence-electron chi connectivity index (χ1n) is 50.7. The molecule has 0 unspecified atom stereocenters. The predicted molar refractivity (Wildman–Crippen MR) is 537 cm³/mol. The van der Waals surface area contributed by atoms with Gasteiger partial charge in [0.25, 0.3) is 0 Å². The molecule has 0 saturated carbocycles. The Morgan fingerprint density at radius 2 is 0.700 bits per heavy atom. The van der Waals surface area contributed by atoms with Gasteiger partial charge < -0.3 is 182 Å². The van der Waals surface area contributed by atoms with Gasteiger partial charge in [0.2, 0.25) is 124 Å². The van der Waals surface area contributed by atoms with Gasteiger partial charge in [-0.3, -0.25) is 111 Å². The molecule has 150 heavy (non-hydrogen) atoms. The van der Waals surface area contributed by atoms with Crippen LogP contribution in [0.15, 0.2) is 0 Å². The summed E-state index contributed by atoms with van der Waals surface area (Å²) in [6, 6.07) is -28.2. The number of aliphatic carboxylic acids is 2. The third-order valence-corrected chi connectivity index (χ3v) is 25.0. The minimum Gasteiger partial charge on any atom is -0.481 e. The van der Waals surface area contributed by atoms with Crippen molar-refractivity contribution in [2.24, 2.45) is 63.6 Å². The van der Waals surface area contributed by atoms with Crippen molar-refractivity contribution in [2.45, 2.75) is 337 Å². The number of likely N-dealkylation sites (tertiary alicyclic amines) is 2. The van der Waals surface area contributed by atoms with Gasteiger partial charge in [0.15, 0.2) is 5.96 Å². The molecule has 21 atom stereocenters. The highest BCUT2D eigenvalue weighted by molar-refractivity contribution is 6.03. The lowest BCUT2D eigenvalue weighted by Crippen LogP contribution is -2.63. The van der Waals surface area contributed by atoms with Crippen molar-refractivity contribution in [3.63, 3.8) is 0 Å². The molecular weight excluding hydrogens is 1980 g/mol. The molecular formula is C92H163N29O29. The molecule has 21 amide bonds. The number of carboxylic acids is 2. The van der Waals surface area contributed by atoms with Crippen molar-refractivity contribution in [1.29, 1.82) is 5.41 Å². The maximum Gasteiger partial charge on any atom is 0.326 e. The Kier molecular flexibility index (Phi) is 62.5. The van der Waals surface area contributed by atoms with Gasteiger partial charge in [-0.2, -0.15) is 0 Å². The van der Waals surface area contributed by atoms with Gasteiger partial charge >= 0.3 is 11.9 Å². The van der Waals surface area contributed by atoms with Crippen LogP contribution in [0.1, 0.15) is 222 Å². The monoisotopic (exact) mass is 2140 g/mol. The molecule has 2 rings (SSSR count). The highest BCUT2D eigenvalue weighted by atomic mass is 16.4. The number of nitrogens with two attached hydrogens (primary N) is 8. The van der Waals surface area contributed by atoms with Crippen LogP contribution in [0.25, 0.3) is 0 Å². The number of primary amides is 2. The van der Waals surface area contributed by atoms with Crippen molar-refractivity contribution < 1.29 is 141 Å². The molecule has 2 heterocycles. The number of nitrogens with one attached hydrogen (secondary N) is 19. The van der Waals surface area contributed by atoms with E-state index in [2.05, 4.69) is 95.7 Å². The Hall–Kier alpha value is -13.3. The van der Waals surface area contributed by atoms with Gasteiger partial charge in [-0.1, -0.05) is 54.4 Å². The maximum atomic E-state index is 14.5. The lowest BCUT2D eigenvalue weighted by atomic mass is 9.96. The van der Waals surface area contributed by atoms with E-state index in [0.29, 0.717) is 32.1 Å². The summed E-state index contributed by atoms with van der Waals surface area (Å²) in [7, 11) is 0. The average Bonchev–Trinajstić information content (AvgIpc) is 1.62. The third-order valence-electron chi connectivity index (χ3n) is 25.0. The number of guanidine groups is 1. The molecule has 2 saturated heterocycles. The number of aliphatic hydroxyl groups is 4. The van der Waals surface area contributed by atoms with E-state index in [9.17, 15) is 141 Å². The van der Waals surface area contributed by atoms with Crippen LogP contribution in [-0.2, 0) is 110 Å². The van der Waals surface area contributed by atoms with Crippen LogP contribution in [0.3, 0.4) is 0 Å². The van der Waals surface area contributed by atoms with E-state index in [4.69, 9.17) is 51.3 Å². The van der Waals surface area contributed by atoms with Crippen LogP contribution >= 0.6 is 0 Å². The van der Waals surface area contributed by atoms with Crippen LogP contribution in [0.2, 0.25) is 0 Å². The highest BCUT2D eigenvalue weighted by Gasteiger charge is 2.45. The van der Waals surface area contributed by atoms with Crippen LogP contribution in [-0.4, -0.2) is 376 Å². The van der Waals surface area contributed by atoms with Crippen LogP contribution < -0.4 is 142 Å².